The van der Waals surface area contributed by atoms with Crippen molar-refractivity contribution in [1.82, 2.24) is 4.90 Å². The summed E-state index contributed by atoms with van der Waals surface area (Å²) in [6.45, 7) is 4.24. The Morgan fingerprint density at radius 3 is 2.57 bits per heavy atom. The van der Waals surface area contributed by atoms with E-state index in [1.54, 1.807) is 7.11 Å². The molecule has 1 fully saturated rings. The molecule has 14 heavy (non-hydrogen) atoms. The highest BCUT2D eigenvalue weighted by molar-refractivity contribution is 5.20. The first-order valence-electron chi connectivity index (χ1n) is 5.12. The van der Waals surface area contributed by atoms with Crippen LogP contribution in [0.2, 0.25) is 0 Å². The van der Waals surface area contributed by atoms with Gasteiger partial charge in [-0.2, -0.15) is 0 Å². The fourth-order valence-corrected chi connectivity index (χ4v) is 1.91. The maximum absolute atomic E-state index is 5.27. The Balaban J connectivity index is 2.11. The van der Waals surface area contributed by atoms with Gasteiger partial charge in [0.25, 0.3) is 0 Å². The third-order valence-electron chi connectivity index (χ3n) is 2.82. The van der Waals surface area contributed by atoms with E-state index in [0.717, 1.165) is 12.6 Å². The summed E-state index contributed by atoms with van der Waals surface area (Å²) in [4.78, 5) is 2.46. The Kier molecular flexibility index (Phi) is 2.85. The summed E-state index contributed by atoms with van der Waals surface area (Å²) in [5.41, 5.74) is 1.36. The summed E-state index contributed by atoms with van der Waals surface area (Å²) in [6.07, 6.45) is 0. The molecule has 0 radical (unpaired) electrons. The van der Waals surface area contributed by atoms with Crippen LogP contribution in [0.3, 0.4) is 0 Å². The van der Waals surface area contributed by atoms with E-state index in [0.29, 0.717) is 6.04 Å². The summed E-state index contributed by atoms with van der Waals surface area (Å²) in [5, 5.41) is 0. The number of methoxy groups -OCH3 is 1. The van der Waals surface area contributed by atoms with Crippen molar-refractivity contribution in [2.75, 3.05) is 20.3 Å². The quantitative estimate of drug-likeness (QED) is 0.675. The fourth-order valence-electron chi connectivity index (χ4n) is 1.91. The highest BCUT2D eigenvalue weighted by atomic mass is 16.5. The van der Waals surface area contributed by atoms with Crippen LogP contribution in [0.4, 0.5) is 0 Å². The van der Waals surface area contributed by atoms with Crippen molar-refractivity contribution in [3.63, 3.8) is 0 Å². The second kappa shape index (κ2) is 4.11. The SMILES string of the molecule is COC[C@@H](c1ccccc1)N1C[C@@H]1C. The zero-order chi connectivity index (χ0) is 9.97. The molecule has 1 aliphatic heterocycles. The second-order valence-electron chi connectivity index (χ2n) is 3.93. The van der Waals surface area contributed by atoms with Gasteiger partial charge in [-0.15, -0.1) is 0 Å². The molecule has 2 rings (SSSR count). The first-order chi connectivity index (χ1) is 6.83. The molecular weight excluding hydrogens is 174 g/mol. The second-order valence-corrected chi connectivity index (χ2v) is 3.93. The van der Waals surface area contributed by atoms with Crippen molar-refractivity contribution in [2.24, 2.45) is 0 Å². The third-order valence-corrected chi connectivity index (χ3v) is 2.82. The predicted octanol–water partition coefficient (Wildman–Crippen LogP) is 2.08. The van der Waals surface area contributed by atoms with E-state index in [1.807, 2.05) is 0 Å². The van der Waals surface area contributed by atoms with Crippen molar-refractivity contribution >= 4 is 0 Å². The van der Waals surface area contributed by atoms with E-state index in [4.69, 9.17) is 4.74 Å². The Bertz CT molecular complexity index is 286. The lowest BCUT2D eigenvalue weighted by molar-refractivity contribution is 0.140. The summed E-state index contributed by atoms with van der Waals surface area (Å²) < 4.78 is 5.27. The van der Waals surface area contributed by atoms with Crippen LogP contribution in [0.25, 0.3) is 0 Å². The summed E-state index contributed by atoms with van der Waals surface area (Å²) in [7, 11) is 1.77. The molecule has 76 valence electrons. The molecule has 0 N–H and O–H groups in total. The minimum absolute atomic E-state index is 0.441. The summed E-state index contributed by atoms with van der Waals surface area (Å²) >= 11 is 0. The number of benzene rings is 1. The van der Waals surface area contributed by atoms with E-state index in [9.17, 15) is 0 Å². The number of hydrogen-bond acceptors (Lipinski definition) is 2. The number of nitrogens with zero attached hydrogens (tertiary/aromatic N) is 1. The Labute approximate surface area is 85.5 Å². The third kappa shape index (κ3) is 1.97. The highest BCUT2D eigenvalue weighted by Gasteiger charge is 2.36. The average molecular weight is 191 g/mol. The lowest BCUT2D eigenvalue weighted by atomic mass is 10.1. The number of hydrogen-bond donors (Lipinski definition) is 0. The summed E-state index contributed by atoms with van der Waals surface area (Å²) in [6, 6.07) is 11.7. The van der Waals surface area contributed by atoms with E-state index in [1.165, 1.54) is 12.1 Å². The topological polar surface area (TPSA) is 12.2 Å². The molecule has 0 saturated carbocycles. The van der Waals surface area contributed by atoms with Crippen LogP contribution >= 0.6 is 0 Å². The van der Waals surface area contributed by atoms with Crippen LogP contribution in [0.1, 0.15) is 18.5 Å². The van der Waals surface area contributed by atoms with Crippen LogP contribution in [-0.4, -0.2) is 31.2 Å². The molecule has 0 aliphatic carbocycles. The van der Waals surface area contributed by atoms with Crippen LogP contribution in [0.5, 0.6) is 0 Å². The predicted molar refractivity (Wildman–Crippen MR) is 57.2 cm³/mol. The molecule has 0 bridgehead atoms. The molecule has 1 aromatic rings. The van der Waals surface area contributed by atoms with E-state index in [2.05, 4.69) is 42.2 Å². The van der Waals surface area contributed by atoms with Crippen molar-refractivity contribution in [1.29, 1.82) is 0 Å². The molecule has 0 spiro atoms. The van der Waals surface area contributed by atoms with Crippen molar-refractivity contribution in [2.45, 2.75) is 19.0 Å². The van der Waals surface area contributed by atoms with Gasteiger partial charge in [0.2, 0.25) is 0 Å². The Morgan fingerprint density at radius 1 is 1.43 bits per heavy atom. The van der Waals surface area contributed by atoms with Gasteiger partial charge < -0.3 is 4.74 Å². The molecule has 1 heterocycles. The molecular formula is C12H17NO. The van der Waals surface area contributed by atoms with Crippen LogP contribution < -0.4 is 0 Å². The van der Waals surface area contributed by atoms with Gasteiger partial charge >= 0.3 is 0 Å². The van der Waals surface area contributed by atoms with Crippen molar-refractivity contribution in [3.05, 3.63) is 35.9 Å². The van der Waals surface area contributed by atoms with Gasteiger partial charge in [0, 0.05) is 19.7 Å². The fraction of sp³-hybridized carbons (Fsp3) is 0.500. The van der Waals surface area contributed by atoms with Gasteiger partial charge in [0.05, 0.1) is 12.6 Å². The zero-order valence-corrected chi connectivity index (χ0v) is 8.81. The minimum atomic E-state index is 0.441. The highest BCUT2D eigenvalue weighted by Crippen LogP contribution is 2.31. The normalized spacial score (nSPS) is 27.3. The first kappa shape index (κ1) is 9.69. The molecule has 1 unspecified atom stereocenters. The molecule has 1 aromatic carbocycles. The zero-order valence-electron chi connectivity index (χ0n) is 8.81. The maximum Gasteiger partial charge on any atom is 0.0659 e. The smallest absolute Gasteiger partial charge is 0.0659 e. The largest absolute Gasteiger partial charge is 0.383 e. The van der Waals surface area contributed by atoms with Gasteiger partial charge in [-0.05, 0) is 12.5 Å². The number of ether oxygens (including phenoxy) is 1. The molecule has 0 amide bonds. The van der Waals surface area contributed by atoms with Crippen molar-refractivity contribution in [3.8, 4) is 0 Å². The first-order valence-corrected chi connectivity index (χ1v) is 5.12. The number of rotatable bonds is 4. The molecule has 2 nitrogen and oxygen atoms in total. The molecule has 2 heteroatoms. The van der Waals surface area contributed by atoms with Crippen LogP contribution in [0.15, 0.2) is 30.3 Å². The van der Waals surface area contributed by atoms with Gasteiger partial charge in [-0.3, -0.25) is 4.90 Å². The lowest BCUT2D eigenvalue weighted by Crippen LogP contribution is -2.16. The van der Waals surface area contributed by atoms with Crippen LogP contribution in [0, 0.1) is 0 Å². The summed E-state index contributed by atoms with van der Waals surface area (Å²) in [5.74, 6) is 0. The standard InChI is InChI=1S/C12H17NO/c1-10-8-13(10)12(9-14-2)11-6-4-3-5-7-11/h3-7,10,12H,8-9H2,1-2H3/t10-,12-,13?/m0/s1. The van der Waals surface area contributed by atoms with Gasteiger partial charge in [0.1, 0.15) is 0 Å². The maximum atomic E-state index is 5.27. The van der Waals surface area contributed by atoms with Crippen molar-refractivity contribution < 1.29 is 4.74 Å². The molecule has 1 aliphatic rings. The average Bonchev–Trinajstić information content (AvgIpc) is 2.93. The molecule has 1 saturated heterocycles. The van der Waals surface area contributed by atoms with Crippen LogP contribution in [-0.2, 0) is 4.74 Å². The van der Waals surface area contributed by atoms with Gasteiger partial charge in [-0.25, -0.2) is 0 Å². The van der Waals surface area contributed by atoms with Gasteiger partial charge in [0.15, 0.2) is 0 Å². The van der Waals surface area contributed by atoms with E-state index < -0.39 is 0 Å². The van der Waals surface area contributed by atoms with Gasteiger partial charge in [-0.1, -0.05) is 30.3 Å². The monoisotopic (exact) mass is 191 g/mol. The van der Waals surface area contributed by atoms with E-state index >= 15 is 0 Å². The molecule has 3 atom stereocenters. The van der Waals surface area contributed by atoms with E-state index in [-0.39, 0.29) is 0 Å². The lowest BCUT2D eigenvalue weighted by Gasteiger charge is -2.18. The Morgan fingerprint density at radius 2 is 2.07 bits per heavy atom. The minimum Gasteiger partial charge on any atom is -0.383 e. The Hall–Kier alpha value is -0.860. The molecule has 0 aromatic heterocycles.